The summed E-state index contributed by atoms with van der Waals surface area (Å²) in [6.45, 7) is 6.74. The van der Waals surface area contributed by atoms with Crippen LogP contribution in [-0.2, 0) is 6.54 Å². The summed E-state index contributed by atoms with van der Waals surface area (Å²) >= 11 is 1.47. The third-order valence-electron chi connectivity index (χ3n) is 3.72. The molecule has 2 heterocycles. The minimum atomic E-state index is -0.0136. The zero-order chi connectivity index (χ0) is 15.7. The first-order chi connectivity index (χ1) is 10.6. The molecule has 0 saturated heterocycles. The van der Waals surface area contributed by atoms with Gasteiger partial charge in [0.2, 0.25) is 0 Å². The number of carbonyl (C=O) groups is 1. The molecule has 22 heavy (non-hydrogen) atoms. The number of hydrogen-bond acceptors (Lipinski definition) is 3. The highest BCUT2D eigenvalue weighted by atomic mass is 32.1. The second-order valence-corrected chi connectivity index (χ2v) is 6.60. The molecule has 114 valence electrons. The molecule has 0 fully saturated rings. The van der Waals surface area contributed by atoms with Crippen LogP contribution in [0.5, 0.6) is 0 Å². The van der Waals surface area contributed by atoms with Gasteiger partial charge in [0.05, 0.1) is 22.2 Å². The Balaban J connectivity index is 1.75. The van der Waals surface area contributed by atoms with E-state index in [0.717, 1.165) is 27.0 Å². The van der Waals surface area contributed by atoms with Crippen LogP contribution in [0.2, 0.25) is 0 Å². The number of rotatable bonds is 4. The lowest BCUT2D eigenvalue weighted by molar-refractivity contribution is 0.0954. The van der Waals surface area contributed by atoms with Gasteiger partial charge in [-0.3, -0.25) is 4.79 Å². The first kappa shape index (κ1) is 14.8. The van der Waals surface area contributed by atoms with Crippen LogP contribution in [0.15, 0.2) is 36.0 Å². The number of aromatic nitrogens is 2. The predicted octanol–water partition coefficient (Wildman–Crippen LogP) is 3.92. The van der Waals surface area contributed by atoms with E-state index in [1.54, 1.807) is 0 Å². The Hall–Kier alpha value is -2.14. The number of hydrogen-bond donors (Lipinski definition) is 1. The molecule has 0 aliphatic carbocycles. The zero-order valence-corrected chi connectivity index (χ0v) is 13.8. The van der Waals surface area contributed by atoms with Gasteiger partial charge >= 0.3 is 0 Å². The lowest BCUT2D eigenvalue weighted by Crippen LogP contribution is -2.22. The summed E-state index contributed by atoms with van der Waals surface area (Å²) in [7, 11) is 0. The summed E-state index contributed by atoms with van der Waals surface area (Å²) in [5.74, 6) is -0.0136. The van der Waals surface area contributed by atoms with Crippen LogP contribution in [0.3, 0.4) is 0 Å². The molecule has 0 spiro atoms. The fourth-order valence-corrected chi connectivity index (χ4v) is 3.31. The normalized spacial score (nSPS) is 11.3. The maximum absolute atomic E-state index is 12.1. The Bertz CT molecular complexity index is 816. The van der Waals surface area contributed by atoms with Crippen molar-refractivity contribution in [2.75, 3.05) is 0 Å². The molecule has 0 saturated carbocycles. The van der Waals surface area contributed by atoms with Crippen molar-refractivity contribution in [3.8, 4) is 0 Å². The number of nitrogens with one attached hydrogen (secondary N) is 1. The van der Waals surface area contributed by atoms with Gasteiger partial charge < -0.3 is 9.88 Å². The summed E-state index contributed by atoms with van der Waals surface area (Å²) in [5, 5.41) is 4.91. The van der Waals surface area contributed by atoms with Crippen molar-refractivity contribution >= 4 is 28.3 Å². The van der Waals surface area contributed by atoms with Gasteiger partial charge in [-0.25, -0.2) is 4.98 Å². The Morgan fingerprint density at radius 2 is 2.18 bits per heavy atom. The highest BCUT2D eigenvalue weighted by Gasteiger charge is 2.11. The number of aryl methyl sites for hydroxylation is 1. The van der Waals surface area contributed by atoms with E-state index in [1.165, 1.54) is 11.3 Å². The van der Waals surface area contributed by atoms with Crippen molar-refractivity contribution in [2.45, 2.75) is 33.4 Å². The number of amides is 1. The molecule has 4 nitrogen and oxygen atoms in total. The molecule has 1 aromatic carbocycles. The molecule has 0 aliphatic rings. The average molecular weight is 313 g/mol. The molecular weight excluding hydrogens is 294 g/mol. The molecule has 1 N–H and O–H groups in total. The molecule has 0 aliphatic heterocycles. The molecule has 3 rings (SSSR count). The van der Waals surface area contributed by atoms with Gasteiger partial charge in [0, 0.05) is 12.6 Å². The smallest absolute Gasteiger partial charge is 0.261 e. The number of fused-ring (bicyclic) bond motifs is 1. The summed E-state index contributed by atoms with van der Waals surface area (Å²) in [5.41, 5.74) is 4.17. The molecular formula is C17H19N3OS. The van der Waals surface area contributed by atoms with E-state index in [1.807, 2.05) is 36.8 Å². The van der Waals surface area contributed by atoms with Crippen molar-refractivity contribution in [2.24, 2.45) is 0 Å². The predicted molar refractivity (Wildman–Crippen MR) is 90.3 cm³/mol. The third kappa shape index (κ3) is 2.76. The molecule has 0 radical (unpaired) electrons. The second kappa shape index (κ2) is 5.93. The van der Waals surface area contributed by atoms with E-state index in [-0.39, 0.29) is 5.91 Å². The van der Waals surface area contributed by atoms with Gasteiger partial charge in [-0.05, 0) is 55.5 Å². The Morgan fingerprint density at radius 1 is 1.36 bits per heavy atom. The lowest BCUT2D eigenvalue weighted by Gasteiger charge is -2.08. The summed E-state index contributed by atoms with van der Waals surface area (Å²) < 4.78 is 2.15. The van der Waals surface area contributed by atoms with Gasteiger partial charge in [-0.1, -0.05) is 6.07 Å². The zero-order valence-electron chi connectivity index (χ0n) is 13.0. The highest BCUT2D eigenvalue weighted by Crippen LogP contribution is 2.19. The number of carbonyl (C=O) groups excluding carboxylic acids is 1. The highest BCUT2D eigenvalue weighted by molar-refractivity contribution is 7.12. The van der Waals surface area contributed by atoms with Gasteiger partial charge in [0.15, 0.2) is 0 Å². The lowest BCUT2D eigenvalue weighted by atomic mass is 10.2. The molecule has 0 atom stereocenters. The largest absolute Gasteiger partial charge is 0.347 e. The average Bonchev–Trinajstić information content (AvgIpc) is 3.10. The van der Waals surface area contributed by atoms with E-state index in [4.69, 9.17) is 0 Å². The first-order valence-corrected chi connectivity index (χ1v) is 8.22. The molecule has 0 bridgehead atoms. The monoisotopic (exact) mass is 313 g/mol. The van der Waals surface area contributed by atoms with Crippen LogP contribution in [0, 0.1) is 6.92 Å². The van der Waals surface area contributed by atoms with Gasteiger partial charge in [-0.15, -0.1) is 11.3 Å². The number of thiophene rings is 1. The molecule has 5 heteroatoms. The maximum Gasteiger partial charge on any atom is 0.261 e. The number of benzene rings is 1. The fraction of sp³-hybridized carbons (Fsp3) is 0.294. The maximum atomic E-state index is 12.1. The second-order valence-electron chi connectivity index (χ2n) is 5.68. The van der Waals surface area contributed by atoms with Crippen LogP contribution in [0.25, 0.3) is 11.0 Å². The molecule has 2 aromatic heterocycles. The van der Waals surface area contributed by atoms with Crippen LogP contribution in [0.4, 0.5) is 0 Å². The summed E-state index contributed by atoms with van der Waals surface area (Å²) in [4.78, 5) is 17.4. The third-order valence-corrected chi connectivity index (χ3v) is 4.73. The van der Waals surface area contributed by atoms with Crippen molar-refractivity contribution < 1.29 is 4.79 Å². The van der Waals surface area contributed by atoms with Crippen molar-refractivity contribution in [1.29, 1.82) is 0 Å². The molecule has 3 aromatic rings. The summed E-state index contributed by atoms with van der Waals surface area (Å²) in [6.07, 6.45) is 1.87. The number of nitrogens with zero attached hydrogens (tertiary/aromatic N) is 2. The number of imidazole rings is 1. The van der Waals surface area contributed by atoms with Crippen molar-refractivity contribution in [1.82, 2.24) is 14.9 Å². The Labute approximate surface area is 133 Å². The van der Waals surface area contributed by atoms with Gasteiger partial charge in [0.25, 0.3) is 5.91 Å². The van der Waals surface area contributed by atoms with Crippen LogP contribution in [0.1, 0.15) is 40.7 Å². The topological polar surface area (TPSA) is 46.9 Å². The minimum absolute atomic E-state index is 0.0136. The van der Waals surface area contributed by atoms with Crippen molar-refractivity contribution in [3.63, 3.8) is 0 Å². The van der Waals surface area contributed by atoms with E-state index >= 15 is 0 Å². The van der Waals surface area contributed by atoms with Crippen LogP contribution < -0.4 is 5.32 Å². The molecule has 1 amide bonds. The van der Waals surface area contributed by atoms with Crippen LogP contribution in [-0.4, -0.2) is 15.5 Å². The van der Waals surface area contributed by atoms with E-state index in [0.29, 0.717) is 12.6 Å². The standard InChI is InChI=1S/C17H19N3OS/c1-11(2)20-10-19-14-8-13(4-5-15(14)20)9-18-17(21)16-12(3)6-7-22-16/h4-8,10-11H,9H2,1-3H3,(H,18,21). The van der Waals surface area contributed by atoms with Crippen molar-refractivity contribution in [3.05, 3.63) is 52.0 Å². The van der Waals surface area contributed by atoms with E-state index in [2.05, 4.69) is 34.8 Å². The fourth-order valence-electron chi connectivity index (χ4n) is 2.47. The molecule has 0 unspecified atom stereocenters. The van der Waals surface area contributed by atoms with Crippen LogP contribution >= 0.6 is 11.3 Å². The van der Waals surface area contributed by atoms with E-state index in [9.17, 15) is 4.79 Å². The Kier molecular flexibility index (Phi) is 3.98. The van der Waals surface area contributed by atoms with Gasteiger partial charge in [-0.2, -0.15) is 0 Å². The van der Waals surface area contributed by atoms with E-state index < -0.39 is 0 Å². The summed E-state index contributed by atoms with van der Waals surface area (Å²) in [6, 6.07) is 8.50. The SMILES string of the molecule is Cc1ccsc1C(=O)NCc1ccc2c(c1)ncn2C(C)C. The van der Waals surface area contributed by atoms with Gasteiger partial charge in [0.1, 0.15) is 0 Å². The minimum Gasteiger partial charge on any atom is -0.347 e. The quantitative estimate of drug-likeness (QED) is 0.793. The first-order valence-electron chi connectivity index (χ1n) is 7.34. The Morgan fingerprint density at radius 3 is 2.86 bits per heavy atom.